The van der Waals surface area contributed by atoms with Crippen molar-refractivity contribution >= 4 is 11.6 Å². The maximum atomic E-state index is 14.2. The Morgan fingerprint density at radius 2 is 2.09 bits per heavy atom. The Morgan fingerprint density at radius 3 is 2.77 bits per heavy atom. The van der Waals surface area contributed by atoms with E-state index in [0.29, 0.717) is 22.1 Å². The quantitative estimate of drug-likeness (QED) is 0.855. The molecule has 3 rings (SSSR count). The summed E-state index contributed by atoms with van der Waals surface area (Å²) in [6.45, 7) is 5.17. The van der Waals surface area contributed by atoms with E-state index in [2.05, 4.69) is 6.58 Å². The molecule has 2 aromatic carbocycles. The lowest BCUT2D eigenvalue weighted by atomic mass is 10.1. The van der Waals surface area contributed by atoms with Crippen LogP contribution >= 0.6 is 11.6 Å². The van der Waals surface area contributed by atoms with Gasteiger partial charge in [-0.2, -0.15) is 0 Å². The normalized spacial score (nSPS) is 20.7. The standard InChI is InChI=1S/C17H14ClFO3/c1-3-14(20)11-5-4-6-15-16(11)22-17(2,21-15)12-8-7-10(18)9-13(12)19/h3-9,14,20H,1H2,2H3. The van der Waals surface area contributed by atoms with Gasteiger partial charge in [-0.05, 0) is 24.3 Å². The molecule has 0 aliphatic carbocycles. The number of rotatable bonds is 3. The minimum Gasteiger partial charge on any atom is -0.444 e. The Balaban J connectivity index is 2.05. The molecule has 0 radical (unpaired) electrons. The van der Waals surface area contributed by atoms with Crippen LogP contribution < -0.4 is 9.47 Å². The number of benzene rings is 2. The van der Waals surface area contributed by atoms with Crippen molar-refractivity contribution in [3.63, 3.8) is 0 Å². The topological polar surface area (TPSA) is 38.7 Å². The van der Waals surface area contributed by atoms with Gasteiger partial charge in [-0.3, -0.25) is 0 Å². The number of hydrogen-bond acceptors (Lipinski definition) is 3. The van der Waals surface area contributed by atoms with E-state index in [4.69, 9.17) is 21.1 Å². The molecule has 1 N–H and O–H groups in total. The summed E-state index contributed by atoms with van der Waals surface area (Å²) in [6.07, 6.45) is 0.494. The van der Waals surface area contributed by atoms with E-state index in [1.54, 1.807) is 31.2 Å². The molecule has 0 fully saturated rings. The van der Waals surface area contributed by atoms with E-state index < -0.39 is 17.7 Å². The largest absolute Gasteiger partial charge is 0.444 e. The molecular formula is C17H14ClFO3. The zero-order valence-corrected chi connectivity index (χ0v) is 12.6. The van der Waals surface area contributed by atoms with Gasteiger partial charge in [0, 0.05) is 17.5 Å². The smallest absolute Gasteiger partial charge is 0.278 e. The van der Waals surface area contributed by atoms with E-state index in [0.717, 1.165) is 0 Å². The first kappa shape index (κ1) is 14.9. The SMILES string of the molecule is C=CC(O)c1cccc2c1OC(C)(c1ccc(Cl)cc1F)O2. The predicted molar refractivity (Wildman–Crippen MR) is 81.6 cm³/mol. The van der Waals surface area contributed by atoms with Crippen molar-refractivity contribution in [1.82, 2.24) is 0 Å². The van der Waals surface area contributed by atoms with Crippen molar-refractivity contribution in [2.45, 2.75) is 18.8 Å². The first-order valence-electron chi connectivity index (χ1n) is 6.71. The summed E-state index contributed by atoms with van der Waals surface area (Å²) in [5.74, 6) is -1.02. The molecule has 0 bridgehead atoms. The van der Waals surface area contributed by atoms with Gasteiger partial charge < -0.3 is 14.6 Å². The van der Waals surface area contributed by atoms with Gasteiger partial charge in [-0.15, -0.1) is 6.58 Å². The number of aliphatic hydroxyl groups excluding tert-OH is 1. The molecule has 5 heteroatoms. The zero-order valence-electron chi connectivity index (χ0n) is 11.8. The van der Waals surface area contributed by atoms with E-state index in [-0.39, 0.29) is 5.56 Å². The fourth-order valence-corrected chi connectivity index (χ4v) is 2.63. The highest BCUT2D eigenvalue weighted by molar-refractivity contribution is 6.30. The van der Waals surface area contributed by atoms with Crippen molar-refractivity contribution in [2.24, 2.45) is 0 Å². The van der Waals surface area contributed by atoms with Gasteiger partial charge in [-0.1, -0.05) is 29.8 Å². The molecule has 2 unspecified atom stereocenters. The fraction of sp³-hybridized carbons (Fsp3) is 0.176. The molecule has 0 spiro atoms. The van der Waals surface area contributed by atoms with Gasteiger partial charge in [0.2, 0.25) is 0 Å². The molecular weight excluding hydrogens is 307 g/mol. The highest BCUT2D eigenvalue weighted by Gasteiger charge is 2.42. The van der Waals surface area contributed by atoms with Crippen molar-refractivity contribution in [2.75, 3.05) is 0 Å². The molecule has 1 aliphatic rings. The second-order valence-electron chi connectivity index (χ2n) is 5.13. The van der Waals surface area contributed by atoms with E-state index in [1.165, 1.54) is 18.2 Å². The number of fused-ring (bicyclic) bond motifs is 1. The molecule has 0 aromatic heterocycles. The second kappa shape index (κ2) is 5.30. The predicted octanol–water partition coefficient (Wildman–Crippen LogP) is 4.34. The van der Waals surface area contributed by atoms with Gasteiger partial charge in [0.05, 0.1) is 5.56 Å². The monoisotopic (exact) mass is 320 g/mol. The Hall–Kier alpha value is -2.04. The Morgan fingerprint density at radius 1 is 1.32 bits per heavy atom. The molecule has 1 heterocycles. The third-order valence-corrected chi connectivity index (χ3v) is 3.81. The van der Waals surface area contributed by atoms with Gasteiger partial charge in [0.15, 0.2) is 11.5 Å². The van der Waals surface area contributed by atoms with Crippen LogP contribution in [0.15, 0.2) is 49.1 Å². The number of hydrogen-bond donors (Lipinski definition) is 1. The molecule has 2 atom stereocenters. The lowest BCUT2D eigenvalue weighted by Crippen LogP contribution is -2.32. The van der Waals surface area contributed by atoms with Crippen LogP contribution in [-0.4, -0.2) is 5.11 Å². The van der Waals surface area contributed by atoms with Gasteiger partial charge >= 0.3 is 0 Å². The number of halogens is 2. The summed E-state index contributed by atoms with van der Waals surface area (Å²) >= 11 is 5.78. The average molecular weight is 321 g/mol. The lowest BCUT2D eigenvalue weighted by Gasteiger charge is -2.24. The minimum absolute atomic E-state index is 0.229. The Bertz CT molecular complexity index is 747. The van der Waals surface area contributed by atoms with Crippen LogP contribution in [0.3, 0.4) is 0 Å². The zero-order chi connectivity index (χ0) is 15.9. The molecule has 2 aromatic rings. The molecule has 0 saturated heterocycles. The lowest BCUT2D eigenvalue weighted by molar-refractivity contribution is -0.0714. The van der Waals surface area contributed by atoms with E-state index >= 15 is 0 Å². The second-order valence-corrected chi connectivity index (χ2v) is 5.57. The molecule has 114 valence electrons. The summed E-state index contributed by atoms with van der Waals surface area (Å²) in [5.41, 5.74) is 0.748. The summed E-state index contributed by atoms with van der Waals surface area (Å²) in [7, 11) is 0. The third kappa shape index (κ3) is 2.34. The maximum Gasteiger partial charge on any atom is 0.278 e. The number of aliphatic hydroxyl groups is 1. The van der Waals surface area contributed by atoms with E-state index in [1.807, 2.05) is 0 Å². The average Bonchev–Trinajstić information content (AvgIpc) is 2.83. The first-order valence-corrected chi connectivity index (χ1v) is 7.09. The maximum absolute atomic E-state index is 14.2. The van der Waals surface area contributed by atoms with Crippen molar-refractivity contribution in [3.05, 3.63) is 71.0 Å². The van der Waals surface area contributed by atoms with Crippen LogP contribution in [0, 0.1) is 5.82 Å². The number of ether oxygens (including phenoxy) is 2. The van der Waals surface area contributed by atoms with Crippen LogP contribution in [0.25, 0.3) is 0 Å². The first-order chi connectivity index (χ1) is 10.4. The van der Waals surface area contributed by atoms with Crippen molar-refractivity contribution < 1.29 is 19.0 Å². The van der Waals surface area contributed by atoms with Crippen LogP contribution in [0.2, 0.25) is 5.02 Å². The van der Waals surface area contributed by atoms with Crippen LogP contribution in [0.4, 0.5) is 4.39 Å². The highest BCUT2D eigenvalue weighted by Crippen LogP contribution is 2.48. The van der Waals surface area contributed by atoms with Crippen molar-refractivity contribution in [3.8, 4) is 11.5 Å². The molecule has 0 amide bonds. The number of para-hydroxylation sites is 1. The van der Waals surface area contributed by atoms with Crippen LogP contribution in [0.1, 0.15) is 24.2 Å². The van der Waals surface area contributed by atoms with Crippen LogP contribution in [-0.2, 0) is 5.79 Å². The van der Waals surface area contributed by atoms with Crippen LogP contribution in [0.5, 0.6) is 11.5 Å². The van der Waals surface area contributed by atoms with Gasteiger partial charge in [-0.25, -0.2) is 4.39 Å². The summed E-state index contributed by atoms with van der Waals surface area (Å²) in [6, 6.07) is 9.44. The molecule has 3 nitrogen and oxygen atoms in total. The highest BCUT2D eigenvalue weighted by atomic mass is 35.5. The summed E-state index contributed by atoms with van der Waals surface area (Å²) in [4.78, 5) is 0. The van der Waals surface area contributed by atoms with Gasteiger partial charge in [0.25, 0.3) is 5.79 Å². The third-order valence-electron chi connectivity index (χ3n) is 3.57. The van der Waals surface area contributed by atoms with Crippen molar-refractivity contribution in [1.29, 1.82) is 0 Å². The molecule has 1 aliphatic heterocycles. The summed E-state index contributed by atoms with van der Waals surface area (Å²) in [5, 5.41) is 10.3. The minimum atomic E-state index is -1.33. The van der Waals surface area contributed by atoms with E-state index in [9.17, 15) is 9.50 Å². The van der Waals surface area contributed by atoms with Gasteiger partial charge in [0.1, 0.15) is 11.9 Å². The Labute approximate surface area is 132 Å². The Kier molecular flexibility index (Phi) is 3.59. The molecule has 22 heavy (non-hydrogen) atoms. The molecule has 0 saturated carbocycles. The summed E-state index contributed by atoms with van der Waals surface area (Å²) < 4.78 is 25.8. The fourth-order valence-electron chi connectivity index (χ4n) is 2.48.